The summed E-state index contributed by atoms with van der Waals surface area (Å²) in [6, 6.07) is 24.0. The van der Waals surface area contributed by atoms with Gasteiger partial charge in [0.2, 0.25) is 15.3 Å². The minimum Gasteiger partial charge on any atom is -0.497 e. The molecule has 0 amide bonds. The summed E-state index contributed by atoms with van der Waals surface area (Å²) in [6.07, 6.45) is -11.5. The first-order valence-electron chi connectivity index (χ1n) is 14.2. The molecule has 0 spiro atoms. The highest BCUT2D eigenvalue weighted by Crippen LogP contribution is 2.56. The van der Waals surface area contributed by atoms with Gasteiger partial charge < -0.3 is 9.47 Å². The predicted molar refractivity (Wildman–Crippen MR) is 165 cm³/mol. The van der Waals surface area contributed by atoms with Crippen LogP contribution in [0, 0.1) is 6.92 Å². The number of carbonyl (C=O) groups is 1. The van der Waals surface area contributed by atoms with Crippen LogP contribution in [-0.4, -0.2) is 33.7 Å². The lowest BCUT2D eigenvalue weighted by Gasteiger charge is -2.38. The molecular weight excluding hydrogens is 658 g/mol. The van der Waals surface area contributed by atoms with Gasteiger partial charge in [0.15, 0.2) is 5.78 Å². The Bertz CT molecular complexity index is 2010. The number of benzene rings is 5. The molecule has 0 aliphatic rings. The summed E-state index contributed by atoms with van der Waals surface area (Å²) in [5.74, 6) is -0.510. The SMILES string of the molecule is COc1ccc(S(=O)(=O)c2ccc(Oc3ccc(C(c4ccc(C)cc4)(C(F)(F)F)C(F)(F)F)cc3)cc2C(=O)c2ccccc2)cc1. The number of carbonyl (C=O) groups excluding carboxylic acids is 1. The number of rotatable bonds is 9. The average Bonchev–Trinajstić information content (AvgIpc) is 3.05. The Balaban J connectivity index is 1.57. The monoisotopic (exact) mass is 684 g/mol. The van der Waals surface area contributed by atoms with Crippen LogP contribution in [0.15, 0.2) is 131 Å². The quantitative estimate of drug-likeness (QED) is 0.114. The van der Waals surface area contributed by atoms with Crippen molar-refractivity contribution >= 4 is 15.6 Å². The molecule has 0 unspecified atom stereocenters. The summed E-state index contributed by atoms with van der Waals surface area (Å²) in [6.45, 7) is 1.54. The van der Waals surface area contributed by atoms with Crippen LogP contribution < -0.4 is 9.47 Å². The largest absolute Gasteiger partial charge is 0.497 e. The molecule has 0 saturated carbocycles. The van der Waals surface area contributed by atoms with Gasteiger partial charge in [-0.25, -0.2) is 8.42 Å². The second-order valence-corrected chi connectivity index (χ2v) is 12.7. The third kappa shape index (κ3) is 6.27. The van der Waals surface area contributed by atoms with Gasteiger partial charge in [0.1, 0.15) is 17.2 Å². The van der Waals surface area contributed by atoms with E-state index in [0.29, 0.717) is 23.4 Å². The van der Waals surface area contributed by atoms with E-state index >= 15 is 0 Å². The zero-order valence-electron chi connectivity index (χ0n) is 25.3. The highest BCUT2D eigenvalue weighted by atomic mass is 32.2. The van der Waals surface area contributed by atoms with Crippen LogP contribution in [0.3, 0.4) is 0 Å². The van der Waals surface area contributed by atoms with Crippen LogP contribution in [0.4, 0.5) is 26.3 Å². The average molecular weight is 685 g/mol. The summed E-state index contributed by atoms with van der Waals surface area (Å²) in [7, 11) is -2.85. The minimum atomic E-state index is -5.76. The lowest BCUT2D eigenvalue weighted by molar-refractivity contribution is -0.288. The first kappa shape index (κ1) is 34.2. The van der Waals surface area contributed by atoms with E-state index in [2.05, 4.69) is 0 Å². The van der Waals surface area contributed by atoms with E-state index in [1.807, 2.05) is 0 Å². The summed E-state index contributed by atoms with van der Waals surface area (Å²) < 4.78 is 125. The minimum absolute atomic E-state index is 0.0906. The fourth-order valence-electron chi connectivity index (χ4n) is 5.31. The first-order valence-corrected chi connectivity index (χ1v) is 15.7. The molecule has 0 aliphatic carbocycles. The van der Waals surface area contributed by atoms with Crippen molar-refractivity contribution in [3.63, 3.8) is 0 Å². The van der Waals surface area contributed by atoms with Gasteiger partial charge in [-0.2, -0.15) is 26.3 Å². The molecular formula is C36H26F6O5S. The number of ether oxygens (including phenoxy) is 2. The van der Waals surface area contributed by atoms with Gasteiger partial charge in [0.25, 0.3) is 0 Å². The van der Waals surface area contributed by atoms with E-state index < -0.39 is 44.5 Å². The summed E-state index contributed by atoms with van der Waals surface area (Å²) in [5.41, 5.74) is -6.04. The predicted octanol–water partition coefficient (Wildman–Crippen LogP) is 9.27. The van der Waals surface area contributed by atoms with E-state index in [4.69, 9.17) is 9.47 Å². The van der Waals surface area contributed by atoms with Crippen LogP contribution >= 0.6 is 0 Å². The number of alkyl halides is 6. The molecule has 5 aromatic carbocycles. The topological polar surface area (TPSA) is 69.7 Å². The number of hydrogen-bond donors (Lipinski definition) is 0. The smallest absolute Gasteiger partial charge is 0.411 e. The molecule has 0 N–H and O–H groups in total. The highest BCUT2D eigenvalue weighted by molar-refractivity contribution is 7.91. The van der Waals surface area contributed by atoms with Crippen LogP contribution in [0.25, 0.3) is 0 Å². The Morgan fingerprint density at radius 2 is 1.12 bits per heavy atom. The molecule has 0 aromatic heterocycles. The summed E-state index contributed by atoms with van der Waals surface area (Å²) in [5, 5.41) is 0. The van der Waals surface area contributed by atoms with Crippen molar-refractivity contribution in [1.29, 1.82) is 0 Å². The van der Waals surface area contributed by atoms with Crippen LogP contribution in [0.5, 0.6) is 17.2 Å². The standard InChI is InChI=1S/C36H26F6O5S/c1-23-8-10-25(11-9-23)34(35(37,38)39,36(40,41)42)26-12-14-28(15-13-26)47-29-18-21-32(31(22-29)33(43)24-6-4-3-5-7-24)48(44,45)30-19-16-27(46-2)17-20-30/h3-22H,1-2H3. The van der Waals surface area contributed by atoms with Gasteiger partial charge in [-0.3, -0.25) is 4.79 Å². The molecule has 0 saturated heterocycles. The van der Waals surface area contributed by atoms with Crippen LogP contribution in [0.2, 0.25) is 0 Å². The number of sulfone groups is 1. The Morgan fingerprint density at radius 1 is 0.625 bits per heavy atom. The maximum atomic E-state index is 14.5. The molecule has 12 heteroatoms. The van der Waals surface area contributed by atoms with E-state index in [0.717, 1.165) is 36.4 Å². The van der Waals surface area contributed by atoms with Crippen molar-refractivity contribution in [2.24, 2.45) is 0 Å². The van der Waals surface area contributed by atoms with E-state index in [-0.39, 0.29) is 32.4 Å². The molecule has 0 radical (unpaired) electrons. The number of methoxy groups -OCH3 is 1. The number of halogens is 6. The lowest BCUT2D eigenvalue weighted by Crippen LogP contribution is -2.54. The lowest BCUT2D eigenvalue weighted by atomic mass is 9.72. The third-order valence-corrected chi connectivity index (χ3v) is 9.58. The molecule has 0 bridgehead atoms. The van der Waals surface area contributed by atoms with Gasteiger partial charge in [-0.05, 0) is 72.6 Å². The normalized spacial score (nSPS) is 12.4. The molecule has 0 heterocycles. The van der Waals surface area contributed by atoms with Crippen molar-refractivity contribution in [3.8, 4) is 17.2 Å². The van der Waals surface area contributed by atoms with E-state index in [1.165, 1.54) is 61.7 Å². The second-order valence-electron chi connectivity index (χ2n) is 10.8. The van der Waals surface area contributed by atoms with Crippen molar-refractivity contribution in [3.05, 3.63) is 149 Å². The van der Waals surface area contributed by atoms with Gasteiger partial charge in [0.05, 0.1) is 16.9 Å². The van der Waals surface area contributed by atoms with Crippen molar-refractivity contribution < 1.29 is 49.0 Å². The number of aryl methyl sites for hydroxylation is 1. The third-order valence-electron chi connectivity index (χ3n) is 7.75. The molecule has 248 valence electrons. The molecule has 5 nitrogen and oxygen atoms in total. The zero-order chi connectivity index (χ0) is 34.9. The maximum absolute atomic E-state index is 14.5. The Labute approximate surface area is 272 Å². The van der Waals surface area contributed by atoms with Gasteiger partial charge in [-0.1, -0.05) is 72.3 Å². The Morgan fingerprint density at radius 3 is 1.65 bits per heavy atom. The fraction of sp³-hybridized carbons (Fsp3) is 0.139. The molecule has 48 heavy (non-hydrogen) atoms. The van der Waals surface area contributed by atoms with Crippen molar-refractivity contribution in [2.75, 3.05) is 7.11 Å². The maximum Gasteiger partial charge on any atom is 0.411 e. The van der Waals surface area contributed by atoms with Crippen molar-refractivity contribution in [1.82, 2.24) is 0 Å². The molecule has 0 atom stereocenters. The Kier molecular flexibility index (Phi) is 9.16. The zero-order valence-corrected chi connectivity index (χ0v) is 26.1. The van der Waals surface area contributed by atoms with Gasteiger partial charge in [0, 0.05) is 11.1 Å². The molecule has 5 rings (SSSR count). The van der Waals surface area contributed by atoms with Crippen molar-refractivity contribution in [2.45, 2.75) is 34.5 Å². The second kappa shape index (κ2) is 12.8. The summed E-state index contributed by atoms with van der Waals surface area (Å²) >= 11 is 0. The molecule has 5 aromatic rings. The highest BCUT2D eigenvalue weighted by Gasteiger charge is 2.72. The van der Waals surface area contributed by atoms with Gasteiger partial charge in [-0.15, -0.1) is 0 Å². The Hall–Kier alpha value is -5.10. The molecule has 0 fully saturated rings. The van der Waals surface area contributed by atoms with Gasteiger partial charge >= 0.3 is 12.4 Å². The van der Waals surface area contributed by atoms with E-state index in [9.17, 15) is 39.6 Å². The van der Waals surface area contributed by atoms with E-state index in [1.54, 1.807) is 25.1 Å². The van der Waals surface area contributed by atoms with Crippen LogP contribution in [-0.2, 0) is 15.3 Å². The summed E-state index contributed by atoms with van der Waals surface area (Å²) in [4.78, 5) is 13.1. The first-order chi connectivity index (χ1) is 22.6. The number of hydrogen-bond acceptors (Lipinski definition) is 5. The number of ketones is 1. The van der Waals surface area contributed by atoms with Crippen LogP contribution in [0.1, 0.15) is 32.6 Å². The molecule has 0 aliphatic heterocycles. The fourth-order valence-corrected chi connectivity index (χ4v) is 6.74.